The highest BCUT2D eigenvalue weighted by molar-refractivity contribution is 5.71. The quantitative estimate of drug-likeness (QED) is 0.0261. The van der Waals surface area contributed by atoms with Crippen LogP contribution in [0, 0.1) is 0 Å². The minimum Gasteiger partial charge on any atom is -0.462 e. The van der Waals surface area contributed by atoms with Crippen molar-refractivity contribution in [2.45, 2.75) is 425 Å². The van der Waals surface area contributed by atoms with Crippen LogP contribution in [0.5, 0.6) is 0 Å². The zero-order valence-electron chi connectivity index (χ0n) is 55.1. The molecule has 0 spiro atoms. The van der Waals surface area contributed by atoms with Gasteiger partial charge in [0.15, 0.2) is 6.10 Å². The van der Waals surface area contributed by atoms with Crippen LogP contribution in [-0.4, -0.2) is 37.2 Å². The Hall–Kier alpha value is -2.11. The molecule has 0 radical (unpaired) electrons. The first kappa shape index (κ1) is 78.9. The van der Waals surface area contributed by atoms with Gasteiger partial charge in [0, 0.05) is 19.3 Å². The third kappa shape index (κ3) is 68.6. The van der Waals surface area contributed by atoms with E-state index >= 15 is 0 Å². The molecule has 6 heteroatoms. The van der Waals surface area contributed by atoms with Crippen LogP contribution in [0.25, 0.3) is 0 Å². The van der Waals surface area contributed by atoms with Gasteiger partial charge >= 0.3 is 17.9 Å². The summed E-state index contributed by atoms with van der Waals surface area (Å²) in [7, 11) is 0. The Morgan fingerprint density at radius 1 is 0.235 bits per heavy atom. The lowest BCUT2D eigenvalue weighted by molar-refractivity contribution is -0.167. The van der Waals surface area contributed by atoms with E-state index in [0.717, 1.165) is 64.2 Å². The van der Waals surface area contributed by atoms with Gasteiger partial charge in [0.05, 0.1) is 0 Å². The molecular weight excluding hydrogens is 997 g/mol. The Morgan fingerprint density at radius 2 is 0.407 bits per heavy atom. The van der Waals surface area contributed by atoms with Crippen molar-refractivity contribution in [3.05, 3.63) is 24.3 Å². The number of rotatable bonds is 69. The summed E-state index contributed by atoms with van der Waals surface area (Å²) in [6.07, 6.45) is 86.5. The van der Waals surface area contributed by atoms with Crippen LogP contribution in [0.2, 0.25) is 0 Å². The first-order chi connectivity index (χ1) is 40.0. The van der Waals surface area contributed by atoms with E-state index in [1.807, 2.05) is 0 Å². The van der Waals surface area contributed by atoms with Gasteiger partial charge in [0.1, 0.15) is 13.2 Å². The van der Waals surface area contributed by atoms with Crippen LogP contribution in [0.3, 0.4) is 0 Å². The van der Waals surface area contributed by atoms with Crippen molar-refractivity contribution < 1.29 is 28.6 Å². The van der Waals surface area contributed by atoms with Gasteiger partial charge in [-0.2, -0.15) is 0 Å². The molecule has 0 aromatic heterocycles. The fraction of sp³-hybridized carbons (Fsp3) is 0.907. The molecule has 0 heterocycles. The van der Waals surface area contributed by atoms with Gasteiger partial charge in [0.25, 0.3) is 0 Å². The van der Waals surface area contributed by atoms with Gasteiger partial charge in [-0.1, -0.05) is 353 Å². The van der Waals surface area contributed by atoms with E-state index < -0.39 is 6.10 Å². The zero-order chi connectivity index (χ0) is 58.5. The Labute approximate surface area is 506 Å². The van der Waals surface area contributed by atoms with Crippen molar-refractivity contribution in [1.82, 2.24) is 0 Å². The number of carbonyl (C=O) groups excluding carboxylic acids is 3. The second-order valence-electron chi connectivity index (χ2n) is 25.2. The van der Waals surface area contributed by atoms with Crippen LogP contribution < -0.4 is 0 Å². The maximum Gasteiger partial charge on any atom is 0.306 e. The van der Waals surface area contributed by atoms with Gasteiger partial charge in [-0.15, -0.1) is 0 Å². The molecule has 6 nitrogen and oxygen atoms in total. The predicted octanol–water partition coefficient (Wildman–Crippen LogP) is 25.3. The number of esters is 3. The number of carbonyl (C=O) groups is 3. The van der Waals surface area contributed by atoms with Crippen molar-refractivity contribution in [2.24, 2.45) is 0 Å². The molecule has 0 amide bonds. The van der Waals surface area contributed by atoms with E-state index in [4.69, 9.17) is 14.2 Å². The standard InChI is InChI=1S/C75H142O6/c1-4-7-10-13-16-19-22-25-28-30-32-33-34-35-36-37-38-39-40-41-42-43-45-47-50-53-56-59-62-65-68-74(77)80-71-72(70-79-73(76)67-64-61-58-55-52-49-46-27-24-21-18-15-12-9-6-3)81-75(78)69-66-63-60-57-54-51-48-44-31-29-26-23-20-17-14-11-8-5-2/h27,29,31,46,72H,4-26,28,30,32-45,47-71H2,1-3H3/b31-29-,46-27-. The molecule has 0 saturated carbocycles. The van der Waals surface area contributed by atoms with E-state index in [1.165, 1.54) is 315 Å². The van der Waals surface area contributed by atoms with Crippen LogP contribution in [-0.2, 0) is 28.6 Å². The minimum atomic E-state index is -0.775. The fourth-order valence-corrected chi connectivity index (χ4v) is 11.4. The molecule has 81 heavy (non-hydrogen) atoms. The van der Waals surface area contributed by atoms with Crippen molar-refractivity contribution >= 4 is 17.9 Å². The van der Waals surface area contributed by atoms with Crippen LogP contribution in [0.1, 0.15) is 419 Å². The Kier molecular flexibility index (Phi) is 68.5. The van der Waals surface area contributed by atoms with Gasteiger partial charge in [0.2, 0.25) is 0 Å². The summed E-state index contributed by atoms with van der Waals surface area (Å²) in [5, 5.41) is 0. The lowest BCUT2D eigenvalue weighted by Gasteiger charge is -2.18. The molecular formula is C75H142O6. The van der Waals surface area contributed by atoms with Crippen LogP contribution in [0.4, 0.5) is 0 Å². The normalized spacial score (nSPS) is 12.1. The average molecular weight is 1140 g/mol. The van der Waals surface area contributed by atoms with Gasteiger partial charge < -0.3 is 14.2 Å². The smallest absolute Gasteiger partial charge is 0.306 e. The third-order valence-electron chi connectivity index (χ3n) is 16.9. The maximum absolute atomic E-state index is 12.9. The predicted molar refractivity (Wildman–Crippen MR) is 353 cm³/mol. The van der Waals surface area contributed by atoms with Gasteiger partial charge in [-0.05, 0) is 70.6 Å². The van der Waals surface area contributed by atoms with Crippen molar-refractivity contribution in [3.8, 4) is 0 Å². The fourth-order valence-electron chi connectivity index (χ4n) is 11.4. The monoisotopic (exact) mass is 1140 g/mol. The summed E-state index contributed by atoms with van der Waals surface area (Å²) >= 11 is 0. The first-order valence-corrected chi connectivity index (χ1v) is 36.8. The summed E-state index contributed by atoms with van der Waals surface area (Å²) < 4.78 is 17.0. The molecule has 478 valence electrons. The van der Waals surface area contributed by atoms with E-state index in [-0.39, 0.29) is 31.1 Å². The van der Waals surface area contributed by atoms with Crippen molar-refractivity contribution in [2.75, 3.05) is 13.2 Å². The van der Waals surface area contributed by atoms with Crippen molar-refractivity contribution in [1.29, 1.82) is 0 Å². The Morgan fingerprint density at radius 3 is 0.617 bits per heavy atom. The lowest BCUT2D eigenvalue weighted by atomic mass is 10.0. The first-order valence-electron chi connectivity index (χ1n) is 36.8. The Balaban J connectivity index is 4.18. The number of ether oxygens (including phenoxy) is 3. The Bertz CT molecular complexity index is 1310. The molecule has 0 N–H and O–H groups in total. The summed E-state index contributed by atoms with van der Waals surface area (Å²) in [5.74, 6) is -0.852. The number of hydrogen-bond acceptors (Lipinski definition) is 6. The number of unbranched alkanes of at least 4 members (excludes halogenated alkanes) is 54. The third-order valence-corrected chi connectivity index (χ3v) is 16.9. The molecule has 0 aromatic carbocycles. The van der Waals surface area contributed by atoms with Crippen LogP contribution in [0.15, 0.2) is 24.3 Å². The molecule has 0 aromatic rings. The SMILES string of the molecule is CCCCCCCC/C=C\CCCCCCCC(=O)OCC(COC(=O)CCCCCCCCCCCCCCCCCCCCCCCCCCCCCCCC)OC(=O)CCCCCCCCC/C=C\CCCCCCCCC. The lowest BCUT2D eigenvalue weighted by Crippen LogP contribution is -2.30. The molecule has 0 aliphatic rings. The van der Waals surface area contributed by atoms with Crippen LogP contribution >= 0.6 is 0 Å². The highest BCUT2D eigenvalue weighted by atomic mass is 16.6. The zero-order valence-corrected chi connectivity index (χ0v) is 55.1. The summed E-state index contributed by atoms with van der Waals surface area (Å²) in [6.45, 7) is 6.71. The summed E-state index contributed by atoms with van der Waals surface area (Å²) in [5.41, 5.74) is 0. The largest absolute Gasteiger partial charge is 0.462 e. The summed E-state index contributed by atoms with van der Waals surface area (Å²) in [6, 6.07) is 0. The van der Waals surface area contributed by atoms with Crippen molar-refractivity contribution in [3.63, 3.8) is 0 Å². The van der Waals surface area contributed by atoms with E-state index in [2.05, 4.69) is 45.1 Å². The maximum atomic E-state index is 12.9. The van der Waals surface area contributed by atoms with E-state index in [1.54, 1.807) is 0 Å². The molecule has 1 atom stereocenters. The molecule has 0 rings (SSSR count). The van der Waals surface area contributed by atoms with Gasteiger partial charge in [-0.25, -0.2) is 0 Å². The van der Waals surface area contributed by atoms with E-state index in [9.17, 15) is 14.4 Å². The topological polar surface area (TPSA) is 78.9 Å². The van der Waals surface area contributed by atoms with E-state index in [0.29, 0.717) is 19.3 Å². The molecule has 0 aliphatic carbocycles. The summed E-state index contributed by atoms with van der Waals surface area (Å²) in [4.78, 5) is 38.4. The molecule has 0 aliphatic heterocycles. The van der Waals surface area contributed by atoms with Gasteiger partial charge in [-0.3, -0.25) is 14.4 Å². The molecule has 0 fully saturated rings. The highest BCUT2D eigenvalue weighted by Crippen LogP contribution is 2.19. The number of hydrogen-bond donors (Lipinski definition) is 0. The second-order valence-corrected chi connectivity index (χ2v) is 25.2. The molecule has 1 unspecified atom stereocenters. The number of allylic oxidation sites excluding steroid dienone is 4. The molecule has 0 bridgehead atoms. The highest BCUT2D eigenvalue weighted by Gasteiger charge is 2.19. The average Bonchev–Trinajstić information content (AvgIpc) is 3.47. The molecule has 0 saturated heterocycles. The minimum absolute atomic E-state index is 0.0703. The second kappa shape index (κ2) is 70.4.